The molecule has 0 radical (unpaired) electrons. The van der Waals surface area contributed by atoms with Crippen LogP contribution in [0.1, 0.15) is 44.7 Å². The Balaban J connectivity index is 0.000000432. The van der Waals surface area contributed by atoms with Crippen LogP contribution in [0.2, 0.25) is 0 Å². The van der Waals surface area contributed by atoms with E-state index in [2.05, 4.69) is 29.9 Å². The summed E-state index contributed by atoms with van der Waals surface area (Å²) in [5.41, 5.74) is 8.77. The van der Waals surface area contributed by atoms with Crippen LogP contribution in [0.15, 0.2) is 71.5 Å². The minimum atomic E-state index is -0.0840. The smallest absolute Gasteiger partial charge is 0.267 e. The molecule has 32 heavy (non-hydrogen) atoms. The minimum Gasteiger partial charge on any atom is -0.324 e. The lowest BCUT2D eigenvalue weighted by molar-refractivity contribution is -0.117. The Hall–Kier alpha value is -3.38. The molecule has 0 aliphatic carbocycles. The maximum absolute atomic E-state index is 12.0. The van der Waals surface area contributed by atoms with Gasteiger partial charge in [0.25, 0.3) is 5.56 Å². The molecule has 0 bridgehead atoms. The second kappa shape index (κ2) is 15.4. The van der Waals surface area contributed by atoms with Crippen molar-refractivity contribution in [1.29, 1.82) is 0 Å². The van der Waals surface area contributed by atoms with Crippen LogP contribution in [-0.2, 0) is 22.6 Å². The lowest BCUT2D eigenvalue weighted by Crippen LogP contribution is -2.22. The fourth-order valence-corrected chi connectivity index (χ4v) is 2.78. The van der Waals surface area contributed by atoms with Crippen molar-refractivity contribution in [2.75, 3.05) is 6.54 Å². The highest BCUT2D eigenvalue weighted by Crippen LogP contribution is 2.17. The maximum Gasteiger partial charge on any atom is 0.267 e. The third kappa shape index (κ3) is 10.1. The first kappa shape index (κ1) is 26.7. The Morgan fingerprint density at radius 2 is 1.66 bits per heavy atom. The van der Waals surface area contributed by atoms with Gasteiger partial charge in [0.1, 0.15) is 12.1 Å². The number of nitrogens with two attached hydrogens (primary N) is 1. The average molecular weight is 436 g/mol. The Bertz CT molecular complexity index is 1010. The van der Waals surface area contributed by atoms with Crippen LogP contribution < -0.4 is 11.3 Å². The van der Waals surface area contributed by atoms with Gasteiger partial charge in [-0.3, -0.25) is 4.79 Å². The summed E-state index contributed by atoms with van der Waals surface area (Å²) in [6.45, 7) is 6.37. The molecule has 0 saturated carbocycles. The molecule has 170 valence electrons. The molecule has 0 saturated heterocycles. The molecule has 0 aliphatic heterocycles. The van der Waals surface area contributed by atoms with E-state index in [0.29, 0.717) is 12.8 Å². The standard InChI is InChI=1S/C19H18N2O.C5H10O.C2H5NO/c1-2-15-9-6-10-17(13-15)18-11-12-19(22)21(20-18)14-16-7-4-3-5-8-16;1-3-4-5(2)6;3-1-2-4/h3-13H,2,14H2,1H3;3-4H2,1-2H3;2H,1,3H2. The molecule has 0 aliphatic rings. The molecule has 0 unspecified atom stereocenters. The lowest BCUT2D eigenvalue weighted by atomic mass is 10.1. The molecule has 1 heterocycles. The molecule has 3 aromatic rings. The molecule has 2 aromatic carbocycles. The van der Waals surface area contributed by atoms with Gasteiger partial charge in [0, 0.05) is 24.6 Å². The number of ketones is 1. The average Bonchev–Trinajstić information content (AvgIpc) is 2.81. The van der Waals surface area contributed by atoms with Crippen molar-refractivity contribution in [3.63, 3.8) is 0 Å². The van der Waals surface area contributed by atoms with Gasteiger partial charge in [0.05, 0.1) is 12.2 Å². The van der Waals surface area contributed by atoms with E-state index in [1.165, 1.54) is 10.2 Å². The van der Waals surface area contributed by atoms with Crippen LogP contribution in [0.4, 0.5) is 0 Å². The van der Waals surface area contributed by atoms with E-state index in [-0.39, 0.29) is 17.9 Å². The summed E-state index contributed by atoms with van der Waals surface area (Å²) in [7, 11) is 0. The molecule has 6 nitrogen and oxygen atoms in total. The summed E-state index contributed by atoms with van der Waals surface area (Å²) in [6, 6.07) is 21.6. The molecule has 0 fully saturated rings. The molecule has 0 spiro atoms. The van der Waals surface area contributed by atoms with Crippen LogP contribution in [0.3, 0.4) is 0 Å². The van der Waals surface area contributed by atoms with Crippen molar-refractivity contribution in [2.45, 2.75) is 46.6 Å². The van der Waals surface area contributed by atoms with Crippen LogP contribution in [0, 0.1) is 0 Å². The van der Waals surface area contributed by atoms with Crippen molar-refractivity contribution in [1.82, 2.24) is 9.78 Å². The molecule has 2 N–H and O–H groups in total. The van der Waals surface area contributed by atoms with E-state index in [1.807, 2.05) is 49.4 Å². The van der Waals surface area contributed by atoms with E-state index in [9.17, 15) is 9.59 Å². The number of nitrogens with zero attached hydrogens (tertiary/aromatic N) is 2. The summed E-state index contributed by atoms with van der Waals surface area (Å²) in [4.78, 5) is 31.1. The first-order valence-corrected chi connectivity index (χ1v) is 10.8. The molecule has 6 heteroatoms. The van der Waals surface area contributed by atoms with Gasteiger partial charge < -0.3 is 15.3 Å². The van der Waals surface area contributed by atoms with Gasteiger partial charge in [-0.15, -0.1) is 0 Å². The Labute approximate surface area is 190 Å². The van der Waals surface area contributed by atoms with E-state index < -0.39 is 0 Å². The topological polar surface area (TPSA) is 95.1 Å². The normalized spacial score (nSPS) is 9.62. The first-order valence-electron chi connectivity index (χ1n) is 10.8. The van der Waals surface area contributed by atoms with Crippen molar-refractivity contribution < 1.29 is 9.59 Å². The largest absolute Gasteiger partial charge is 0.324 e. The van der Waals surface area contributed by atoms with Crippen LogP contribution in [0.25, 0.3) is 11.3 Å². The molecule has 1 aromatic heterocycles. The maximum atomic E-state index is 12.0. The zero-order valence-corrected chi connectivity index (χ0v) is 19.2. The number of aryl methyl sites for hydroxylation is 1. The van der Waals surface area contributed by atoms with E-state index in [1.54, 1.807) is 19.1 Å². The highest BCUT2D eigenvalue weighted by molar-refractivity contribution is 5.75. The molecule has 3 rings (SSSR count). The van der Waals surface area contributed by atoms with Crippen LogP contribution >= 0.6 is 0 Å². The molecular weight excluding hydrogens is 402 g/mol. The predicted molar refractivity (Wildman–Crippen MR) is 130 cm³/mol. The van der Waals surface area contributed by atoms with Crippen LogP contribution in [0.5, 0.6) is 0 Å². The first-order chi connectivity index (χ1) is 15.4. The van der Waals surface area contributed by atoms with Crippen molar-refractivity contribution in [2.24, 2.45) is 5.73 Å². The van der Waals surface area contributed by atoms with Gasteiger partial charge in [0.2, 0.25) is 0 Å². The molecular formula is C26H33N3O3. The highest BCUT2D eigenvalue weighted by Gasteiger charge is 2.05. The number of Topliss-reactive ketones (excluding diaryl/α,β-unsaturated/α-hetero) is 1. The number of hydrogen-bond acceptors (Lipinski definition) is 5. The summed E-state index contributed by atoms with van der Waals surface area (Å²) in [6.07, 6.45) is 3.35. The summed E-state index contributed by atoms with van der Waals surface area (Å²) in [5.74, 6) is 0.289. The van der Waals surface area contributed by atoms with Gasteiger partial charge in [-0.25, -0.2) is 4.68 Å². The lowest BCUT2D eigenvalue weighted by Gasteiger charge is -2.08. The number of hydrogen-bond donors (Lipinski definition) is 1. The molecule has 0 amide bonds. The summed E-state index contributed by atoms with van der Waals surface area (Å²) < 4.78 is 1.52. The number of carbonyl (C=O) groups excluding carboxylic acids is 2. The zero-order chi connectivity index (χ0) is 23.8. The SMILES string of the molecule is CCCC(C)=O.CCc1cccc(-c2ccc(=O)n(Cc3ccccc3)n2)c1.NCC=O. The minimum absolute atomic E-state index is 0.0840. The summed E-state index contributed by atoms with van der Waals surface area (Å²) >= 11 is 0. The second-order valence-corrected chi connectivity index (χ2v) is 7.11. The second-order valence-electron chi connectivity index (χ2n) is 7.11. The zero-order valence-electron chi connectivity index (χ0n) is 19.2. The quantitative estimate of drug-likeness (QED) is 0.565. The molecule has 0 atom stereocenters. The van der Waals surface area contributed by atoms with E-state index in [0.717, 1.165) is 36.1 Å². The van der Waals surface area contributed by atoms with Gasteiger partial charge in [-0.2, -0.15) is 5.10 Å². The van der Waals surface area contributed by atoms with Crippen molar-refractivity contribution in [3.05, 3.63) is 88.2 Å². The number of rotatable bonds is 7. The third-order valence-corrected chi connectivity index (χ3v) is 4.37. The Morgan fingerprint density at radius 1 is 1.00 bits per heavy atom. The van der Waals surface area contributed by atoms with E-state index in [4.69, 9.17) is 4.79 Å². The number of aromatic nitrogens is 2. The fraction of sp³-hybridized carbons (Fsp3) is 0.308. The van der Waals surface area contributed by atoms with Crippen molar-refractivity contribution >= 4 is 12.1 Å². The summed E-state index contributed by atoms with van der Waals surface area (Å²) in [5, 5.41) is 4.52. The number of aldehydes is 1. The Kier molecular flexibility index (Phi) is 12.8. The number of benzene rings is 2. The highest BCUT2D eigenvalue weighted by atomic mass is 16.1. The predicted octanol–water partition coefficient (Wildman–Crippen LogP) is 4.04. The van der Waals surface area contributed by atoms with Crippen molar-refractivity contribution in [3.8, 4) is 11.3 Å². The third-order valence-electron chi connectivity index (χ3n) is 4.37. The van der Waals surface area contributed by atoms with Gasteiger partial charge in [0.15, 0.2) is 0 Å². The van der Waals surface area contributed by atoms with Gasteiger partial charge in [-0.1, -0.05) is 62.4 Å². The monoisotopic (exact) mass is 435 g/mol. The van der Waals surface area contributed by atoms with Gasteiger partial charge in [-0.05, 0) is 43.0 Å². The fourth-order valence-electron chi connectivity index (χ4n) is 2.78. The number of carbonyl (C=O) groups is 2. The van der Waals surface area contributed by atoms with E-state index >= 15 is 0 Å². The van der Waals surface area contributed by atoms with Crippen LogP contribution in [-0.4, -0.2) is 28.4 Å². The van der Waals surface area contributed by atoms with Gasteiger partial charge >= 0.3 is 0 Å². The Morgan fingerprint density at radius 3 is 2.19 bits per heavy atom.